The van der Waals surface area contributed by atoms with Gasteiger partial charge >= 0.3 is 0 Å². The van der Waals surface area contributed by atoms with E-state index >= 15 is 0 Å². The van der Waals surface area contributed by atoms with Crippen LogP contribution in [0.15, 0.2) is 41.0 Å². The minimum Gasteiger partial charge on any atom is -0.467 e. The zero-order valence-electron chi connectivity index (χ0n) is 12.8. The van der Waals surface area contributed by atoms with E-state index in [9.17, 15) is 4.79 Å². The molecule has 1 aromatic heterocycles. The lowest BCUT2D eigenvalue weighted by Gasteiger charge is -2.10. The lowest BCUT2D eigenvalue weighted by Crippen LogP contribution is -2.23. The SMILES string of the molecule is CCCOCc1ccccc1CNC(=O)c1coc(CN)c1. The summed E-state index contributed by atoms with van der Waals surface area (Å²) < 4.78 is 10.7. The van der Waals surface area contributed by atoms with Crippen molar-refractivity contribution in [2.24, 2.45) is 5.73 Å². The summed E-state index contributed by atoms with van der Waals surface area (Å²) >= 11 is 0. The molecule has 0 saturated heterocycles. The Morgan fingerprint density at radius 2 is 2.09 bits per heavy atom. The van der Waals surface area contributed by atoms with Crippen molar-refractivity contribution in [3.05, 3.63) is 59.0 Å². The molecule has 2 rings (SSSR count). The monoisotopic (exact) mass is 302 g/mol. The number of benzene rings is 1. The molecular weight excluding hydrogens is 280 g/mol. The Bertz CT molecular complexity index is 607. The van der Waals surface area contributed by atoms with Crippen LogP contribution in [-0.2, 0) is 24.4 Å². The quantitative estimate of drug-likeness (QED) is 0.735. The van der Waals surface area contributed by atoms with Crippen LogP contribution in [0.4, 0.5) is 0 Å². The highest BCUT2D eigenvalue weighted by molar-refractivity contribution is 5.93. The Labute approximate surface area is 130 Å². The van der Waals surface area contributed by atoms with Crippen molar-refractivity contribution >= 4 is 5.91 Å². The molecule has 5 nitrogen and oxygen atoms in total. The van der Waals surface area contributed by atoms with Crippen LogP contribution < -0.4 is 11.1 Å². The van der Waals surface area contributed by atoms with Gasteiger partial charge in [0.2, 0.25) is 0 Å². The van der Waals surface area contributed by atoms with Gasteiger partial charge in [-0.15, -0.1) is 0 Å². The van der Waals surface area contributed by atoms with Crippen LogP contribution in [0, 0.1) is 0 Å². The molecule has 1 heterocycles. The molecule has 22 heavy (non-hydrogen) atoms. The molecule has 118 valence electrons. The van der Waals surface area contributed by atoms with Crippen LogP contribution in [-0.4, -0.2) is 12.5 Å². The van der Waals surface area contributed by atoms with Crippen molar-refractivity contribution in [1.82, 2.24) is 5.32 Å². The number of nitrogens with one attached hydrogen (secondary N) is 1. The van der Waals surface area contributed by atoms with Gasteiger partial charge in [-0.25, -0.2) is 0 Å². The van der Waals surface area contributed by atoms with Crippen LogP contribution >= 0.6 is 0 Å². The molecule has 0 saturated carbocycles. The van der Waals surface area contributed by atoms with E-state index in [4.69, 9.17) is 14.9 Å². The molecule has 0 radical (unpaired) electrons. The van der Waals surface area contributed by atoms with Gasteiger partial charge in [-0.1, -0.05) is 31.2 Å². The molecule has 3 N–H and O–H groups in total. The molecule has 0 bridgehead atoms. The number of furan rings is 1. The number of carbonyl (C=O) groups excluding carboxylic acids is 1. The van der Waals surface area contributed by atoms with Gasteiger partial charge in [0.15, 0.2) is 0 Å². The molecule has 2 aromatic rings. The summed E-state index contributed by atoms with van der Waals surface area (Å²) in [5.74, 6) is 0.422. The zero-order chi connectivity index (χ0) is 15.8. The number of amides is 1. The third kappa shape index (κ3) is 4.44. The topological polar surface area (TPSA) is 77.5 Å². The summed E-state index contributed by atoms with van der Waals surface area (Å²) in [6, 6.07) is 9.59. The van der Waals surface area contributed by atoms with E-state index in [1.807, 2.05) is 24.3 Å². The van der Waals surface area contributed by atoms with Crippen LogP contribution in [0.2, 0.25) is 0 Å². The molecule has 0 atom stereocenters. The van der Waals surface area contributed by atoms with Crippen LogP contribution in [0.1, 0.15) is 40.6 Å². The van der Waals surface area contributed by atoms with Gasteiger partial charge in [-0.2, -0.15) is 0 Å². The number of hydrogen-bond acceptors (Lipinski definition) is 4. The van der Waals surface area contributed by atoms with Crippen molar-refractivity contribution < 1.29 is 13.9 Å². The molecule has 0 spiro atoms. The van der Waals surface area contributed by atoms with Crippen molar-refractivity contribution in [2.45, 2.75) is 33.0 Å². The highest BCUT2D eigenvalue weighted by atomic mass is 16.5. The maximum Gasteiger partial charge on any atom is 0.254 e. The van der Waals surface area contributed by atoms with Crippen LogP contribution in [0.25, 0.3) is 0 Å². The fraction of sp³-hybridized carbons (Fsp3) is 0.353. The third-order valence-electron chi connectivity index (χ3n) is 3.28. The van der Waals surface area contributed by atoms with E-state index in [0.29, 0.717) is 24.5 Å². The minimum atomic E-state index is -0.173. The molecule has 0 aliphatic carbocycles. The molecule has 1 amide bonds. The smallest absolute Gasteiger partial charge is 0.254 e. The van der Waals surface area contributed by atoms with Gasteiger partial charge in [0.05, 0.1) is 18.7 Å². The average molecular weight is 302 g/mol. The number of ether oxygens (including phenoxy) is 1. The first-order valence-electron chi connectivity index (χ1n) is 7.44. The van der Waals surface area contributed by atoms with E-state index in [1.54, 1.807) is 6.07 Å². The molecule has 0 aliphatic rings. The fourth-order valence-electron chi connectivity index (χ4n) is 2.08. The first kappa shape index (κ1) is 16.3. The van der Waals surface area contributed by atoms with E-state index in [1.165, 1.54) is 6.26 Å². The van der Waals surface area contributed by atoms with Crippen molar-refractivity contribution in [1.29, 1.82) is 0 Å². The Hall–Kier alpha value is -2.11. The standard InChI is InChI=1S/C17H22N2O3/c1-2-7-21-11-14-6-4-3-5-13(14)10-19-17(20)15-8-16(9-18)22-12-15/h3-6,8,12H,2,7,9-11,18H2,1H3,(H,19,20). The first-order valence-corrected chi connectivity index (χ1v) is 7.44. The van der Waals surface area contributed by atoms with Gasteiger partial charge in [-0.05, 0) is 23.6 Å². The van der Waals surface area contributed by atoms with Crippen LogP contribution in [0.5, 0.6) is 0 Å². The molecule has 0 unspecified atom stereocenters. The second-order valence-electron chi connectivity index (χ2n) is 5.01. The summed E-state index contributed by atoms with van der Waals surface area (Å²) in [5, 5.41) is 2.89. The molecule has 0 fully saturated rings. The summed E-state index contributed by atoms with van der Waals surface area (Å²) in [6.45, 7) is 4.10. The Morgan fingerprint density at radius 1 is 1.32 bits per heavy atom. The number of nitrogens with two attached hydrogens (primary N) is 1. The number of carbonyl (C=O) groups is 1. The van der Waals surface area contributed by atoms with Crippen molar-refractivity contribution in [2.75, 3.05) is 6.61 Å². The Balaban J connectivity index is 1.94. The van der Waals surface area contributed by atoms with E-state index in [-0.39, 0.29) is 12.5 Å². The molecular formula is C17H22N2O3. The van der Waals surface area contributed by atoms with E-state index < -0.39 is 0 Å². The lowest BCUT2D eigenvalue weighted by molar-refractivity contribution is 0.0948. The normalized spacial score (nSPS) is 10.6. The second kappa shape index (κ2) is 8.36. The lowest BCUT2D eigenvalue weighted by atomic mass is 10.1. The van der Waals surface area contributed by atoms with Gasteiger partial charge in [0.25, 0.3) is 5.91 Å². The molecule has 0 aliphatic heterocycles. The van der Waals surface area contributed by atoms with Gasteiger partial charge < -0.3 is 20.2 Å². The first-order chi connectivity index (χ1) is 10.7. The summed E-state index contributed by atoms with van der Waals surface area (Å²) in [5.41, 5.74) is 8.09. The van der Waals surface area contributed by atoms with E-state index in [0.717, 1.165) is 24.2 Å². The van der Waals surface area contributed by atoms with E-state index in [2.05, 4.69) is 12.2 Å². The highest BCUT2D eigenvalue weighted by Gasteiger charge is 2.10. The third-order valence-corrected chi connectivity index (χ3v) is 3.28. The predicted octanol–water partition coefficient (Wildman–Crippen LogP) is 2.59. The van der Waals surface area contributed by atoms with Crippen LogP contribution in [0.3, 0.4) is 0 Å². The maximum atomic E-state index is 12.1. The summed E-state index contributed by atoms with van der Waals surface area (Å²) in [4.78, 5) is 12.1. The summed E-state index contributed by atoms with van der Waals surface area (Å²) in [7, 11) is 0. The Kier molecular flexibility index (Phi) is 6.18. The van der Waals surface area contributed by atoms with Gasteiger partial charge in [-0.3, -0.25) is 4.79 Å². The Morgan fingerprint density at radius 3 is 2.77 bits per heavy atom. The number of rotatable bonds is 8. The summed E-state index contributed by atoms with van der Waals surface area (Å²) in [6.07, 6.45) is 2.41. The number of hydrogen-bond donors (Lipinski definition) is 2. The fourth-order valence-corrected chi connectivity index (χ4v) is 2.08. The predicted molar refractivity (Wildman–Crippen MR) is 84.2 cm³/mol. The average Bonchev–Trinajstić information content (AvgIpc) is 3.03. The molecule has 5 heteroatoms. The van der Waals surface area contributed by atoms with Gasteiger partial charge in [0.1, 0.15) is 12.0 Å². The second-order valence-corrected chi connectivity index (χ2v) is 5.01. The highest BCUT2D eigenvalue weighted by Crippen LogP contribution is 2.11. The minimum absolute atomic E-state index is 0.173. The van der Waals surface area contributed by atoms with Crippen molar-refractivity contribution in [3.8, 4) is 0 Å². The zero-order valence-corrected chi connectivity index (χ0v) is 12.8. The van der Waals surface area contributed by atoms with Gasteiger partial charge in [0, 0.05) is 13.2 Å². The molecule has 1 aromatic carbocycles. The largest absolute Gasteiger partial charge is 0.467 e. The maximum absolute atomic E-state index is 12.1. The van der Waals surface area contributed by atoms with Crippen molar-refractivity contribution in [3.63, 3.8) is 0 Å².